The standard InChI is InChI=1S/C22H19N5O3/c28-20(11-21(29)22-24-15-25-26-22)16-10-18(14-30-19-7-2-1-3-8-19)27(12-16)13-17-6-4-5-9-23-17/h1-12,15,29H,13-14H2,(H,24,25,26). The van der Waals surface area contributed by atoms with Crippen molar-refractivity contribution in [2.75, 3.05) is 0 Å². The van der Waals surface area contributed by atoms with E-state index in [0.29, 0.717) is 12.1 Å². The number of allylic oxidation sites excluding steroid dienone is 1. The molecule has 0 amide bonds. The number of ether oxygens (including phenoxy) is 1. The van der Waals surface area contributed by atoms with Crippen molar-refractivity contribution < 1.29 is 14.6 Å². The zero-order valence-corrected chi connectivity index (χ0v) is 16.0. The number of carbonyl (C=O) groups excluding carboxylic acids is 1. The number of ketones is 1. The molecule has 3 heterocycles. The predicted molar refractivity (Wildman–Crippen MR) is 110 cm³/mol. The molecule has 0 fully saturated rings. The van der Waals surface area contributed by atoms with Crippen molar-refractivity contribution in [3.8, 4) is 5.75 Å². The molecule has 0 saturated heterocycles. The molecule has 0 atom stereocenters. The van der Waals surface area contributed by atoms with Gasteiger partial charge in [0.15, 0.2) is 11.5 Å². The molecule has 30 heavy (non-hydrogen) atoms. The molecule has 0 unspecified atom stereocenters. The van der Waals surface area contributed by atoms with E-state index in [4.69, 9.17) is 4.74 Å². The van der Waals surface area contributed by atoms with Crippen molar-refractivity contribution in [1.82, 2.24) is 24.7 Å². The third kappa shape index (κ3) is 4.61. The number of aromatic amines is 1. The van der Waals surface area contributed by atoms with Crippen LogP contribution in [0.3, 0.4) is 0 Å². The van der Waals surface area contributed by atoms with Gasteiger partial charge in [-0.3, -0.25) is 14.9 Å². The third-order valence-electron chi connectivity index (χ3n) is 4.37. The number of rotatable bonds is 8. The maximum Gasteiger partial charge on any atom is 0.215 e. The van der Waals surface area contributed by atoms with Gasteiger partial charge in [-0.1, -0.05) is 24.3 Å². The van der Waals surface area contributed by atoms with Gasteiger partial charge in [0.1, 0.15) is 18.7 Å². The first kappa shape index (κ1) is 19.1. The molecule has 0 aliphatic rings. The van der Waals surface area contributed by atoms with Gasteiger partial charge >= 0.3 is 0 Å². The highest BCUT2D eigenvalue weighted by Crippen LogP contribution is 2.17. The number of benzene rings is 1. The lowest BCUT2D eigenvalue weighted by Crippen LogP contribution is -2.07. The van der Waals surface area contributed by atoms with Gasteiger partial charge in [0.25, 0.3) is 0 Å². The summed E-state index contributed by atoms with van der Waals surface area (Å²) in [4.78, 5) is 20.9. The first-order valence-electron chi connectivity index (χ1n) is 9.27. The maximum absolute atomic E-state index is 12.7. The van der Waals surface area contributed by atoms with Crippen molar-refractivity contribution in [2.24, 2.45) is 0 Å². The fraction of sp³-hybridized carbons (Fsp3) is 0.0909. The van der Waals surface area contributed by atoms with E-state index < -0.39 is 0 Å². The summed E-state index contributed by atoms with van der Waals surface area (Å²) in [6, 6.07) is 16.9. The van der Waals surface area contributed by atoms with E-state index in [1.54, 1.807) is 18.5 Å². The zero-order valence-electron chi connectivity index (χ0n) is 16.0. The third-order valence-corrected chi connectivity index (χ3v) is 4.37. The molecular weight excluding hydrogens is 382 g/mol. The van der Waals surface area contributed by atoms with Crippen LogP contribution < -0.4 is 4.74 Å². The number of aliphatic hydroxyl groups is 1. The highest BCUT2D eigenvalue weighted by molar-refractivity contribution is 6.07. The van der Waals surface area contributed by atoms with E-state index in [2.05, 4.69) is 20.2 Å². The number of aliphatic hydroxyl groups excluding tert-OH is 1. The van der Waals surface area contributed by atoms with E-state index in [-0.39, 0.29) is 24.0 Å². The highest BCUT2D eigenvalue weighted by Gasteiger charge is 2.14. The molecule has 2 N–H and O–H groups in total. The van der Waals surface area contributed by atoms with Gasteiger partial charge in [-0.25, -0.2) is 4.98 Å². The minimum Gasteiger partial charge on any atom is -0.504 e. The number of H-pyrrole nitrogens is 1. The Bertz CT molecular complexity index is 1140. The van der Waals surface area contributed by atoms with Crippen LogP contribution in [0.15, 0.2) is 79.4 Å². The summed E-state index contributed by atoms with van der Waals surface area (Å²) in [7, 11) is 0. The molecule has 4 aromatic rings. The lowest BCUT2D eigenvalue weighted by Gasteiger charge is -2.10. The Morgan fingerprint density at radius 3 is 2.70 bits per heavy atom. The topological polar surface area (TPSA) is 106 Å². The number of nitrogens with one attached hydrogen (secondary N) is 1. The SMILES string of the molecule is O=C(C=C(O)c1nc[nH]n1)c1cc(COc2ccccc2)n(Cc2ccccn2)c1. The second-order valence-corrected chi connectivity index (χ2v) is 6.49. The van der Waals surface area contributed by atoms with Gasteiger partial charge in [0.2, 0.25) is 5.82 Å². The number of para-hydroxylation sites is 1. The molecule has 8 nitrogen and oxygen atoms in total. The molecule has 0 radical (unpaired) electrons. The Kier molecular flexibility index (Phi) is 5.66. The smallest absolute Gasteiger partial charge is 0.215 e. The van der Waals surface area contributed by atoms with E-state index in [0.717, 1.165) is 23.2 Å². The minimum atomic E-state index is -0.363. The Morgan fingerprint density at radius 2 is 1.97 bits per heavy atom. The second-order valence-electron chi connectivity index (χ2n) is 6.49. The maximum atomic E-state index is 12.7. The van der Waals surface area contributed by atoms with Gasteiger partial charge < -0.3 is 14.4 Å². The summed E-state index contributed by atoms with van der Waals surface area (Å²) >= 11 is 0. The fourth-order valence-corrected chi connectivity index (χ4v) is 2.90. The highest BCUT2D eigenvalue weighted by atomic mass is 16.5. The Labute approximate surface area is 172 Å². The fourth-order valence-electron chi connectivity index (χ4n) is 2.90. The van der Waals surface area contributed by atoms with Crippen molar-refractivity contribution in [1.29, 1.82) is 0 Å². The quantitative estimate of drug-likeness (QED) is 0.266. The molecule has 1 aromatic carbocycles. The molecule has 0 saturated carbocycles. The van der Waals surface area contributed by atoms with E-state index in [1.165, 1.54) is 6.33 Å². The van der Waals surface area contributed by atoms with Gasteiger partial charge in [-0.05, 0) is 30.3 Å². The lowest BCUT2D eigenvalue weighted by atomic mass is 10.2. The summed E-state index contributed by atoms with van der Waals surface area (Å²) in [5.41, 5.74) is 2.07. The van der Waals surface area contributed by atoms with Crippen molar-refractivity contribution in [3.05, 3.63) is 102 Å². The van der Waals surface area contributed by atoms with Crippen LogP contribution >= 0.6 is 0 Å². The lowest BCUT2D eigenvalue weighted by molar-refractivity contribution is 0.104. The Balaban J connectivity index is 1.59. The first-order valence-corrected chi connectivity index (χ1v) is 9.27. The van der Waals surface area contributed by atoms with E-state index in [9.17, 15) is 9.90 Å². The minimum absolute atomic E-state index is 0.0592. The van der Waals surface area contributed by atoms with Crippen LogP contribution in [0.5, 0.6) is 5.75 Å². The van der Waals surface area contributed by atoms with Crippen LogP contribution in [0.25, 0.3) is 5.76 Å². The average Bonchev–Trinajstić information content (AvgIpc) is 3.44. The molecule has 150 valence electrons. The number of pyridine rings is 1. The van der Waals surface area contributed by atoms with Gasteiger partial charge in [0.05, 0.1) is 17.9 Å². The number of aromatic nitrogens is 5. The average molecular weight is 401 g/mol. The monoisotopic (exact) mass is 401 g/mol. The summed E-state index contributed by atoms with van der Waals surface area (Å²) < 4.78 is 7.77. The molecule has 3 aromatic heterocycles. The van der Waals surface area contributed by atoms with Crippen molar-refractivity contribution in [3.63, 3.8) is 0 Å². The summed E-state index contributed by atoms with van der Waals surface area (Å²) in [5.74, 6) is 0.126. The first-order chi connectivity index (χ1) is 14.7. The van der Waals surface area contributed by atoms with E-state index in [1.807, 2.05) is 53.1 Å². The Hall–Kier alpha value is -4.20. The predicted octanol–water partition coefficient (Wildman–Crippen LogP) is 3.41. The second kappa shape index (κ2) is 8.87. The van der Waals surface area contributed by atoms with Crippen LogP contribution in [0, 0.1) is 0 Å². The molecule has 0 spiro atoms. The molecule has 8 heteroatoms. The summed E-state index contributed by atoms with van der Waals surface area (Å²) in [6.45, 7) is 0.763. The zero-order chi connectivity index (χ0) is 20.8. The Morgan fingerprint density at radius 1 is 1.13 bits per heavy atom. The molecule has 0 aliphatic heterocycles. The normalized spacial score (nSPS) is 11.4. The molecule has 4 rings (SSSR count). The van der Waals surface area contributed by atoms with Gasteiger partial charge in [-0.2, -0.15) is 5.10 Å². The summed E-state index contributed by atoms with van der Waals surface area (Å²) in [5, 5.41) is 16.3. The van der Waals surface area contributed by atoms with Crippen molar-refractivity contribution in [2.45, 2.75) is 13.2 Å². The molecular formula is C22H19N5O3. The number of hydrogen-bond acceptors (Lipinski definition) is 6. The molecule has 0 aliphatic carbocycles. The van der Waals surface area contributed by atoms with E-state index >= 15 is 0 Å². The number of carbonyl (C=O) groups is 1. The number of nitrogens with zero attached hydrogens (tertiary/aromatic N) is 4. The molecule has 0 bridgehead atoms. The van der Waals surface area contributed by atoms with Crippen LogP contribution in [-0.2, 0) is 13.2 Å². The van der Waals surface area contributed by atoms with Crippen LogP contribution in [0.2, 0.25) is 0 Å². The van der Waals surface area contributed by atoms with Crippen LogP contribution in [-0.4, -0.2) is 35.6 Å². The van der Waals surface area contributed by atoms with Crippen molar-refractivity contribution >= 4 is 11.5 Å². The van der Waals surface area contributed by atoms with Gasteiger partial charge in [-0.15, -0.1) is 0 Å². The largest absolute Gasteiger partial charge is 0.504 e. The van der Waals surface area contributed by atoms with Crippen LogP contribution in [0.1, 0.15) is 27.6 Å². The number of hydrogen-bond donors (Lipinski definition) is 2. The van der Waals surface area contributed by atoms with Crippen LogP contribution in [0.4, 0.5) is 0 Å². The van der Waals surface area contributed by atoms with Gasteiger partial charge in [0, 0.05) is 24.0 Å². The summed E-state index contributed by atoms with van der Waals surface area (Å²) in [6.07, 6.45) is 5.88.